The first-order chi connectivity index (χ1) is 19.7. The Morgan fingerprint density at radius 1 is 1.21 bits per heavy atom. The van der Waals surface area contributed by atoms with E-state index in [1.54, 1.807) is 15.9 Å². The Labute approximate surface area is 247 Å². The van der Waals surface area contributed by atoms with Gasteiger partial charge in [-0.2, -0.15) is 13.2 Å². The van der Waals surface area contributed by atoms with E-state index in [2.05, 4.69) is 0 Å². The molecule has 2 aliphatic heterocycles. The largest absolute Gasteiger partial charge is 0.487 e. The Kier molecular flexibility index (Phi) is 9.51. The molecule has 1 saturated carbocycles. The summed E-state index contributed by atoms with van der Waals surface area (Å²) in [6, 6.07) is 2.31. The molecule has 1 aliphatic carbocycles. The van der Waals surface area contributed by atoms with Crippen LogP contribution in [0, 0.1) is 17.8 Å². The van der Waals surface area contributed by atoms with Crippen molar-refractivity contribution in [2.75, 3.05) is 33.3 Å². The first-order valence-electron chi connectivity index (χ1n) is 14.0. The average Bonchev–Trinajstić information content (AvgIpc) is 3.23. The molecule has 2 fully saturated rings. The number of carbonyl (C=O) groups excluding carboxylic acids is 2. The summed E-state index contributed by atoms with van der Waals surface area (Å²) in [5.41, 5.74) is 5.01. The zero-order chi connectivity index (χ0) is 30.9. The van der Waals surface area contributed by atoms with Crippen LogP contribution in [0.1, 0.15) is 56.2 Å². The third-order valence-corrected chi connectivity index (χ3v) is 8.72. The molecule has 1 aromatic carbocycles. The minimum Gasteiger partial charge on any atom is -0.487 e. The fraction of sp³-hybridized carbons (Fsp3) is 0.607. The Hall–Kier alpha value is -3.19. The monoisotopic (exact) mass is 615 g/mol. The minimum absolute atomic E-state index is 0.0828. The SMILES string of the molecule is CC1CC(=O)N(CC2c3c(OC/C(N)=C(/N(C)N)C(F)(F)F)ccc(Cl)c3CCN2C(=O)C2CCCCC2C(=O)O)C1. The van der Waals surface area contributed by atoms with Gasteiger partial charge in [-0.15, -0.1) is 0 Å². The van der Waals surface area contributed by atoms with Gasteiger partial charge in [0.15, 0.2) is 5.70 Å². The Balaban J connectivity index is 1.75. The van der Waals surface area contributed by atoms with E-state index in [9.17, 15) is 32.7 Å². The lowest BCUT2D eigenvalue weighted by Crippen LogP contribution is -2.50. The molecule has 0 bridgehead atoms. The highest BCUT2D eigenvalue weighted by Crippen LogP contribution is 2.43. The van der Waals surface area contributed by atoms with Gasteiger partial charge in [-0.3, -0.25) is 14.4 Å². The maximum absolute atomic E-state index is 14.1. The number of halogens is 4. The Bertz CT molecular complexity index is 1260. The number of benzene rings is 1. The van der Waals surface area contributed by atoms with Crippen molar-refractivity contribution in [3.8, 4) is 5.75 Å². The number of nitrogens with two attached hydrogens (primary N) is 2. The molecule has 1 aromatic rings. The van der Waals surface area contributed by atoms with Gasteiger partial charge in [-0.1, -0.05) is 31.4 Å². The first-order valence-corrected chi connectivity index (χ1v) is 14.4. The number of alkyl halides is 3. The number of aliphatic carboxylic acids is 1. The van der Waals surface area contributed by atoms with Gasteiger partial charge in [0.1, 0.15) is 12.4 Å². The molecule has 4 atom stereocenters. The average molecular weight is 616 g/mol. The normalized spacial score (nSPS) is 25.2. The Morgan fingerprint density at radius 3 is 2.45 bits per heavy atom. The molecule has 4 unspecified atom stereocenters. The predicted molar refractivity (Wildman–Crippen MR) is 148 cm³/mol. The van der Waals surface area contributed by atoms with Crippen LogP contribution in [0.3, 0.4) is 0 Å². The number of nitrogens with zero attached hydrogens (tertiary/aromatic N) is 3. The number of carboxylic acids is 1. The van der Waals surface area contributed by atoms with Gasteiger partial charge in [0.05, 0.1) is 23.6 Å². The van der Waals surface area contributed by atoms with Crippen LogP contribution < -0.4 is 16.3 Å². The quantitative estimate of drug-likeness (QED) is 0.298. The molecule has 5 N–H and O–H groups in total. The molecular formula is C28H37ClF3N5O5. The number of hydrazine groups is 1. The molecule has 10 nitrogen and oxygen atoms in total. The molecule has 0 aromatic heterocycles. The van der Waals surface area contributed by atoms with Crippen molar-refractivity contribution >= 4 is 29.4 Å². The number of amides is 2. The van der Waals surface area contributed by atoms with Gasteiger partial charge >= 0.3 is 12.1 Å². The van der Waals surface area contributed by atoms with E-state index in [-0.39, 0.29) is 36.6 Å². The van der Waals surface area contributed by atoms with Crippen molar-refractivity contribution in [3.63, 3.8) is 0 Å². The fourth-order valence-corrected chi connectivity index (χ4v) is 6.74. The summed E-state index contributed by atoms with van der Waals surface area (Å²) in [7, 11) is 1.02. The summed E-state index contributed by atoms with van der Waals surface area (Å²) in [5, 5.41) is 10.6. The molecule has 42 heavy (non-hydrogen) atoms. The second kappa shape index (κ2) is 12.6. The molecular weight excluding hydrogens is 579 g/mol. The van der Waals surface area contributed by atoms with Crippen LogP contribution >= 0.6 is 11.6 Å². The molecule has 1 saturated heterocycles. The Morgan fingerprint density at radius 2 is 1.88 bits per heavy atom. The molecule has 2 heterocycles. The summed E-state index contributed by atoms with van der Waals surface area (Å²) in [6.07, 6.45) is -1.90. The zero-order valence-electron chi connectivity index (χ0n) is 23.6. The lowest BCUT2D eigenvalue weighted by molar-refractivity contribution is -0.154. The van der Waals surface area contributed by atoms with Gasteiger partial charge < -0.3 is 30.4 Å². The summed E-state index contributed by atoms with van der Waals surface area (Å²) >= 11 is 6.58. The molecule has 14 heteroatoms. The standard InChI is InChI=1S/C28H37ClF3N5O5/c1-15-11-23(38)36(12-15)13-21-24-18(9-10-37(21)26(39)16-5-3-4-6-17(16)27(40)41)19(29)7-8-22(24)42-14-20(33)25(35(2)34)28(30,31)32/h7-8,15-17,21H,3-6,9-14,33-34H2,1-2H3,(H,40,41)/b25-20-. The van der Waals surface area contributed by atoms with Gasteiger partial charge in [-0.25, -0.2) is 5.84 Å². The van der Waals surface area contributed by atoms with Crippen LogP contribution in [0.2, 0.25) is 5.02 Å². The van der Waals surface area contributed by atoms with E-state index in [0.717, 1.165) is 13.5 Å². The lowest BCUT2D eigenvalue weighted by Gasteiger charge is -2.43. The molecule has 3 aliphatic rings. The number of ether oxygens (including phenoxy) is 1. The number of rotatable bonds is 8. The fourth-order valence-electron chi connectivity index (χ4n) is 6.48. The summed E-state index contributed by atoms with van der Waals surface area (Å²) in [5.74, 6) is 2.68. The van der Waals surface area contributed by atoms with Gasteiger partial charge in [-0.05, 0) is 42.9 Å². The molecule has 4 rings (SSSR count). The summed E-state index contributed by atoms with van der Waals surface area (Å²) in [4.78, 5) is 42.2. The molecule has 0 radical (unpaired) electrons. The highest BCUT2D eigenvalue weighted by molar-refractivity contribution is 6.31. The smallest absolute Gasteiger partial charge is 0.434 e. The van der Waals surface area contributed by atoms with Crippen LogP contribution in [-0.2, 0) is 20.8 Å². The van der Waals surface area contributed by atoms with Crippen molar-refractivity contribution < 1.29 is 37.4 Å². The highest BCUT2D eigenvalue weighted by Gasteiger charge is 2.44. The number of carbonyl (C=O) groups is 3. The number of allylic oxidation sites excluding steroid dienone is 1. The van der Waals surface area contributed by atoms with Crippen LogP contribution in [0.4, 0.5) is 13.2 Å². The van der Waals surface area contributed by atoms with E-state index >= 15 is 0 Å². The van der Waals surface area contributed by atoms with E-state index in [4.69, 9.17) is 27.9 Å². The van der Waals surface area contributed by atoms with Gasteiger partial charge in [0, 0.05) is 43.7 Å². The third-order valence-electron chi connectivity index (χ3n) is 8.37. The van der Waals surface area contributed by atoms with Crippen molar-refractivity contribution in [1.29, 1.82) is 0 Å². The number of fused-ring (bicyclic) bond motifs is 1. The zero-order valence-corrected chi connectivity index (χ0v) is 24.4. The van der Waals surface area contributed by atoms with E-state index < -0.39 is 48.0 Å². The van der Waals surface area contributed by atoms with E-state index in [1.807, 2.05) is 6.92 Å². The summed E-state index contributed by atoms with van der Waals surface area (Å²) in [6.45, 7) is 2.10. The van der Waals surface area contributed by atoms with Gasteiger partial charge in [0.25, 0.3) is 0 Å². The van der Waals surface area contributed by atoms with Crippen molar-refractivity contribution in [2.45, 2.75) is 57.7 Å². The topological polar surface area (TPSA) is 142 Å². The van der Waals surface area contributed by atoms with E-state index in [1.165, 1.54) is 6.07 Å². The highest BCUT2D eigenvalue weighted by atomic mass is 35.5. The maximum Gasteiger partial charge on any atom is 0.434 e. The number of carboxylic acid groups (broad SMARTS) is 1. The molecule has 2 amide bonds. The van der Waals surface area contributed by atoms with Crippen molar-refractivity contribution in [2.24, 2.45) is 29.3 Å². The van der Waals surface area contributed by atoms with Crippen LogP contribution in [0.15, 0.2) is 23.5 Å². The van der Waals surface area contributed by atoms with Gasteiger partial charge in [0.2, 0.25) is 11.8 Å². The summed E-state index contributed by atoms with van der Waals surface area (Å²) < 4.78 is 46.6. The van der Waals surface area contributed by atoms with Crippen LogP contribution in [0.5, 0.6) is 5.75 Å². The predicted octanol–water partition coefficient (Wildman–Crippen LogP) is 3.44. The molecule has 232 valence electrons. The van der Waals surface area contributed by atoms with Crippen molar-refractivity contribution in [1.82, 2.24) is 14.8 Å². The second-order valence-electron chi connectivity index (χ2n) is 11.5. The second-order valence-corrected chi connectivity index (χ2v) is 11.9. The first kappa shape index (κ1) is 31.7. The van der Waals surface area contributed by atoms with Crippen LogP contribution in [0.25, 0.3) is 0 Å². The minimum atomic E-state index is -4.82. The van der Waals surface area contributed by atoms with Crippen LogP contribution in [-0.4, -0.2) is 77.2 Å². The molecule has 0 spiro atoms. The lowest BCUT2D eigenvalue weighted by atomic mass is 9.77. The maximum atomic E-state index is 14.1. The third kappa shape index (κ3) is 6.56. The number of hydrogen-bond donors (Lipinski definition) is 3. The van der Waals surface area contributed by atoms with Crippen molar-refractivity contribution in [3.05, 3.63) is 39.7 Å². The number of likely N-dealkylation sites (tertiary alicyclic amines) is 1. The van der Waals surface area contributed by atoms with E-state index in [0.29, 0.717) is 59.8 Å². The number of hydrogen-bond acceptors (Lipinski definition) is 7.